The van der Waals surface area contributed by atoms with Gasteiger partial charge < -0.3 is 10.0 Å². The van der Waals surface area contributed by atoms with E-state index in [9.17, 15) is 22.8 Å². The summed E-state index contributed by atoms with van der Waals surface area (Å²) in [4.78, 5) is 23.6. The Morgan fingerprint density at radius 3 is 2.32 bits per heavy atom. The van der Waals surface area contributed by atoms with Crippen LogP contribution < -0.4 is 0 Å². The molecule has 0 spiro atoms. The Morgan fingerprint density at radius 1 is 1.21 bits per heavy atom. The molecule has 0 aromatic heterocycles. The molecule has 0 radical (unpaired) electrons. The third-order valence-electron chi connectivity index (χ3n) is 2.98. The second kappa shape index (κ2) is 4.56. The first kappa shape index (κ1) is 13.4. The van der Waals surface area contributed by atoms with Gasteiger partial charge in [-0.05, 0) is 12.1 Å². The van der Waals surface area contributed by atoms with Gasteiger partial charge in [0.25, 0.3) is 5.91 Å². The highest BCUT2D eigenvalue weighted by Crippen LogP contribution is 2.33. The number of carboxylic acid groups (broad SMARTS) is 1. The van der Waals surface area contributed by atoms with Gasteiger partial charge in [0.05, 0.1) is 17.0 Å². The fourth-order valence-electron chi connectivity index (χ4n) is 1.89. The third kappa shape index (κ3) is 2.54. The lowest BCUT2D eigenvalue weighted by molar-refractivity contribution is -0.146. The monoisotopic (exact) mass is 273 g/mol. The largest absolute Gasteiger partial charge is 0.481 e. The van der Waals surface area contributed by atoms with Crippen LogP contribution in [0.25, 0.3) is 0 Å². The molecule has 1 heterocycles. The van der Waals surface area contributed by atoms with Crippen molar-refractivity contribution >= 4 is 11.9 Å². The molecule has 2 rings (SSSR count). The smallest absolute Gasteiger partial charge is 0.417 e. The number of aliphatic carboxylic acids is 1. The van der Waals surface area contributed by atoms with E-state index in [0.29, 0.717) is 0 Å². The van der Waals surface area contributed by atoms with E-state index in [1.54, 1.807) is 0 Å². The van der Waals surface area contributed by atoms with Gasteiger partial charge >= 0.3 is 12.1 Å². The van der Waals surface area contributed by atoms with Crippen molar-refractivity contribution in [3.8, 4) is 0 Å². The van der Waals surface area contributed by atoms with Gasteiger partial charge in [0, 0.05) is 13.1 Å². The fourth-order valence-corrected chi connectivity index (χ4v) is 1.89. The molecule has 1 aromatic rings. The molecule has 1 amide bonds. The minimum atomic E-state index is -4.61. The maximum atomic E-state index is 12.7. The van der Waals surface area contributed by atoms with Crippen molar-refractivity contribution in [2.24, 2.45) is 5.92 Å². The highest BCUT2D eigenvalue weighted by atomic mass is 19.4. The van der Waals surface area contributed by atoms with Crippen LogP contribution in [0.3, 0.4) is 0 Å². The number of carbonyl (C=O) groups excluding carboxylic acids is 1. The van der Waals surface area contributed by atoms with Crippen LogP contribution in [0.4, 0.5) is 13.2 Å². The Labute approximate surface area is 106 Å². The molecule has 4 nitrogen and oxygen atoms in total. The second-order valence-corrected chi connectivity index (χ2v) is 4.29. The molecule has 0 unspecified atom stereocenters. The van der Waals surface area contributed by atoms with E-state index < -0.39 is 35.1 Å². The van der Waals surface area contributed by atoms with E-state index in [1.807, 2.05) is 0 Å². The average Bonchev–Trinajstić information content (AvgIpc) is 2.25. The van der Waals surface area contributed by atoms with Crippen LogP contribution in [0.1, 0.15) is 15.9 Å². The maximum Gasteiger partial charge on any atom is 0.417 e. The maximum absolute atomic E-state index is 12.7. The topological polar surface area (TPSA) is 57.6 Å². The fraction of sp³-hybridized carbons (Fsp3) is 0.333. The van der Waals surface area contributed by atoms with Crippen molar-refractivity contribution in [3.63, 3.8) is 0 Å². The number of likely N-dealkylation sites (tertiary alicyclic amines) is 1. The van der Waals surface area contributed by atoms with E-state index >= 15 is 0 Å². The molecule has 0 bridgehead atoms. The number of benzene rings is 1. The highest BCUT2D eigenvalue weighted by molar-refractivity contribution is 5.97. The third-order valence-corrected chi connectivity index (χ3v) is 2.98. The molecule has 19 heavy (non-hydrogen) atoms. The molecule has 1 aliphatic rings. The number of alkyl halides is 3. The average molecular weight is 273 g/mol. The first-order valence-corrected chi connectivity index (χ1v) is 5.49. The summed E-state index contributed by atoms with van der Waals surface area (Å²) in [5.41, 5.74) is -1.45. The van der Waals surface area contributed by atoms with Crippen LogP contribution in [0.5, 0.6) is 0 Å². The Morgan fingerprint density at radius 2 is 1.79 bits per heavy atom. The van der Waals surface area contributed by atoms with Gasteiger partial charge in [-0.3, -0.25) is 9.59 Å². The lowest BCUT2D eigenvalue weighted by Gasteiger charge is -2.37. The van der Waals surface area contributed by atoms with E-state index in [-0.39, 0.29) is 13.1 Å². The zero-order valence-electron chi connectivity index (χ0n) is 9.65. The van der Waals surface area contributed by atoms with E-state index in [1.165, 1.54) is 12.1 Å². The van der Waals surface area contributed by atoms with Crippen LogP contribution >= 0.6 is 0 Å². The number of amides is 1. The number of carbonyl (C=O) groups is 2. The van der Waals surface area contributed by atoms with Gasteiger partial charge in [0.1, 0.15) is 0 Å². The van der Waals surface area contributed by atoms with Crippen LogP contribution in [0.15, 0.2) is 24.3 Å². The van der Waals surface area contributed by atoms with Crippen molar-refractivity contribution in [1.29, 1.82) is 0 Å². The Bertz CT molecular complexity index is 521. The Hall–Kier alpha value is -2.05. The first-order chi connectivity index (χ1) is 8.80. The minimum Gasteiger partial charge on any atom is -0.481 e. The normalized spacial score (nSPS) is 16.1. The Kier molecular flexibility index (Phi) is 3.21. The van der Waals surface area contributed by atoms with E-state index in [2.05, 4.69) is 0 Å². The standard InChI is InChI=1S/C12H10F3NO3/c13-12(14,15)9-4-2-1-3-8(9)10(17)16-5-7(6-16)11(18)19/h1-4,7H,5-6H2,(H,18,19). The van der Waals surface area contributed by atoms with Crippen molar-refractivity contribution in [1.82, 2.24) is 4.90 Å². The summed E-state index contributed by atoms with van der Waals surface area (Å²) < 4.78 is 38.2. The minimum absolute atomic E-state index is 0.0552. The summed E-state index contributed by atoms with van der Waals surface area (Å²) in [6.07, 6.45) is -4.61. The first-order valence-electron chi connectivity index (χ1n) is 5.49. The summed E-state index contributed by atoms with van der Waals surface area (Å²) >= 11 is 0. The molecule has 7 heteroatoms. The Balaban J connectivity index is 2.20. The highest BCUT2D eigenvalue weighted by Gasteiger charge is 2.40. The number of rotatable bonds is 2. The van der Waals surface area contributed by atoms with Gasteiger partial charge in [-0.15, -0.1) is 0 Å². The molecule has 1 fully saturated rings. The van der Waals surface area contributed by atoms with Crippen LogP contribution in [-0.4, -0.2) is 35.0 Å². The SMILES string of the molecule is O=C(O)C1CN(C(=O)c2ccccc2C(F)(F)F)C1. The zero-order valence-corrected chi connectivity index (χ0v) is 9.65. The van der Waals surface area contributed by atoms with Gasteiger partial charge in [-0.2, -0.15) is 13.2 Å². The molecule has 0 saturated carbocycles. The predicted octanol–water partition coefficient (Wildman–Crippen LogP) is 1.86. The van der Waals surface area contributed by atoms with Gasteiger partial charge in [0.2, 0.25) is 0 Å². The summed E-state index contributed by atoms with van der Waals surface area (Å²) in [5.74, 6) is -2.53. The zero-order chi connectivity index (χ0) is 14.2. The summed E-state index contributed by atoms with van der Waals surface area (Å²) in [6, 6.07) is 4.48. The lowest BCUT2D eigenvalue weighted by Crippen LogP contribution is -2.53. The molecule has 1 aliphatic heterocycles. The quantitative estimate of drug-likeness (QED) is 0.894. The number of nitrogens with zero attached hydrogens (tertiary/aromatic N) is 1. The van der Waals surface area contributed by atoms with Crippen molar-refractivity contribution in [2.75, 3.05) is 13.1 Å². The van der Waals surface area contributed by atoms with E-state index in [4.69, 9.17) is 5.11 Å². The summed E-state index contributed by atoms with van der Waals surface area (Å²) in [5, 5.41) is 8.67. The van der Waals surface area contributed by atoms with Gasteiger partial charge in [0.15, 0.2) is 0 Å². The number of carboxylic acids is 1. The van der Waals surface area contributed by atoms with Crippen LogP contribution in [0.2, 0.25) is 0 Å². The molecule has 0 atom stereocenters. The lowest BCUT2D eigenvalue weighted by atomic mass is 9.97. The molecule has 102 valence electrons. The van der Waals surface area contributed by atoms with Crippen molar-refractivity contribution in [3.05, 3.63) is 35.4 Å². The van der Waals surface area contributed by atoms with Crippen molar-refractivity contribution < 1.29 is 27.9 Å². The van der Waals surface area contributed by atoms with Crippen LogP contribution in [-0.2, 0) is 11.0 Å². The molecular weight excluding hydrogens is 263 g/mol. The van der Waals surface area contributed by atoms with E-state index in [0.717, 1.165) is 17.0 Å². The molecule has 1 aromatic carbocycles. The second-order valence-electron chi connectivity index (χ2n) is 4.29. The molecule has 0 aliphatic carbocycles. The van der Waals surface area contributed by atoms with Gasteiger partial charge in [-0.1, -0.05) is 12.1 Å². The number of halogens is 3. The number of hydrogen-bond donors (Lipinski definition) is 1. The molecular formula is C12H10F3NO3. The number of hydrogen-bond acceptors (Lipinski definition) is 2. The predicted molar refractivity (Wildman–Crippen MR) is 58.5 cm³/mol. The van der Waals surface area contributed by atoms with Crippen LogP contribution in [0, 0.1) is 5.92 Å². The van der Waals surface area contributed by atoms with Gasteiger partial charge in [-0.25, -0.2) is 0 Å². The summed E-state index contributed by atoms with van der Waals surface area (Å²) in [7, 11) is 0. The molecule has 1 N–H and O–H groups in total. The molecule has 1 saturated heterocycles. The van der Waals surface area contributed by atoms with Crippen molar-refractivity contribution in [2.45, 2.75) is 6.18 Å². The summed E-state index contributed by atoms with van der Waals surface area (Å²) in [6.45, 7) is -0.110.